The van der Waals surface area contributed by atoms with Crippen molar-refractivity contribution >= 4 is 17.7 Å². The number of para-hydroxylation sites is 1. The number of hydrogen-bond acceptors (Lipinski definition) is 5. The maximum Gasteiger partial charge on any atom is 0.398 e. The van der Waals surface area contributed by atoms with Gasteiger partial charge in [-0.1, -0.05) is 18.2 Å². The van der Waals surface area contributed by atoms with Crippen LogP contribution in [0.25, 0.3) is 0 Å². The average molecular weight is 245 g/mol. The van der Waals surface area contributed by atoms with Crippen LogP contribution in [0, 0.1) is 10.1 Å². The van der Waals surface area contributed by atoms with Crippen LogP contribution < -0.4 is 5.43 Å². The van der Waals surface area contributed by atoms with E-state index < -0.39 is 4.92 Å². The van der Waals surface area contributed by atoms with Gasteiger partial charge in [-0.05, 0) is 17.1 Å². The maximum absolute atomic E-state index is 10.7. The summed E-state index contributed by atoms with van der Waals surface area (Å²) in [5.41, 5.74) is 3.94. The van der Waals surface area contributed by atoms with E-state index in [1.54, 1.807) is 7.05 Å². The van der Waals surface area contributed by atoms with Crippen molar-refractivity contribution in [3.8, 4) is 0 Å². The van der Waals surface area contributed by atoms with Crippen molar-refractivity contribution in [3.05, 3.63) is 52.2 Å². The number of rotatable bonds is 4. The number of aryl methyl sites for hydroxylation is 1. The standard InChI is InChI=1S/C11H11N5O2/c1-15-8-9(11(14-15)16(17)18)7-12-13-10-5-3-2-4-6-10/h2-8,13H,1H3/b12-7+. The lowest BCUT2D eigenvalue weighted by Crippen LogP contribution is -1.95. The molecule has 0 spiro atoms. The fraction of sp³-hybridized carbons (Fsp3) is 0.0909. The van der Waals surface area contributed by atoms with E-state index in [2.05, 4.69) is 15.6 Å². The lowest BCUT2D eigenvalue weighted by molar-refractivity contribution is -0.389. The van der Waals surface area contributed by atoms with Crippen LogP contribution in [0.15, 0.2) is 41.6 Å². The Balaban J connectivity index is 2.12. The molecule has 0 amide bonds. The van der Waals surface area contributed by atoms with Crippen LogP contribution >= 0.6 is 0 Å². The SMILES string of the molecule is Cn1cc(/C=N/Nc2ccccc2)c([N+](=O)[O-])n1. The van der Waals surface area contributed by atoms with Crippen molar-refractivity contribution in [2.45, 2.75) is 0 Å². The number of benzene rings is 1. The molecule has 1 N–H and O–H groups in total. The topological polar surface area (TPSA) is 85.3 Å². The van der Waals surface area contributed by atoms with Crippen molar-refractivity contribution in [3.63, 3.8) is 0 Å². The highest BCUT2D eigenvalue weighted by molar-refractivity contribution is 5.84. The molecule has 0 fully saturated rings. The third-order valence-electron chi connectivity index (χ3n) is 2.18. The van der Waals surface area contributed by atoms with E-state index in [-0.39, 0.29) is 5.82 Å². The quantitative estimate of drug-likeness (QED) is 0.505. The molecule has 18 heavy (non-hydrogen) atoms. The van der Waals surface area contributed by atoms with Crippen LogP contribution in [-0.2, 0) is 7.05 Å². The number of hydrogen-bond donors (Lipinski definition) is 1. The Kier molecular flexibility index (Phi) is 3.33. The largest absolute Gasteiger partial charge is 0.398 e. The number of nitrogens with one attached hydrogen (secondary N) is 1. The molecule has 92 valence electrons. The van der Waals surface area contributed by atoms with E-state index in [1.807, 2.05) is 30.3 Å². The molecule has 0 bridgehead atoms. The second-order valence-electron chi connectivity index (χ2n) is 3.57. The molecular weight excluding hydrogens is 234 g/mol. The molecule has 2 aromatic rings. The third kappa shape index (κ3) is 2.70. The summed E-state index contributed by atoms with van der Waals surface area (Å²) in [4.78, 5) is 10.2. The molecule has 0 atom stereocenters. The van der Waals surface area contributed by atoms with Crippen LogP contribution in [0.4, 0.5) is 11.5 Å². The van der Waals surface area contributed by atoms with Gasteiger partial charge in [0.05, 0.1) is 30.2 Å². The maximum atomic E-state index is 10.7. The van der Waals surface area contributed by atoms with Gasteiger partial charge in [0.25, 0.3) is 0 Å². The summed E-state index contributed by atoms with van der Waals surface area (Å²) in [6, 6.07) is 9.31. The van der Waals surface area contributed by atoms with Gasteiger partial charge in [-0.2, -0.15) is 9.78 Å². The molecular formula is C11H11N5O2. The third-order valence-corrected chi connectivity index (χ3v) is 2.18. The molecule has 2 rings (SSSR count). The molecule has 1 aromatic carbocycles. The summed E-state index contributed by atoms with van der Waals surface area (Å²) in [5.74, 6) is -0.212. The van der Waals surface area contributed by atoms with Gasteiger partial charge in [0.2, 0.25) is 0 Å². The number of hydrazone groups is 1. The molecule has 1 heterocycles. The first-order valence-corrected chi connectivity index (χ1v) is 5.19. The van der Waals surface area contributed by atoms with Crippen LogP contribution in [0.5, 0.6) is 0 Å². The lowest BCUT2D eigenvalue weighted by atomic mass is 10.3. The number of aromatic nitrogens is 2. The molecule has 0 aliphatic rings. The Hall–Kier alpha value is -2.70. The average Bonchev–Trinajstić information content (AvgIpc) is 2.72. The summed E-state index contributed by atoms with van der Waals surface area (Å²) < 4.78 is 1.38. The van der Waals surface area contributed by atoms with Gasteiger partial charge in [-0.25, -0.2) is 0 Å². The fourth-order valence-corrected chi connectivity index (χ4v) is 1.42. The molecule has 0 saturated carbocycles. The van der Waals surface area contributed by atoms with Gasteiger partial charge >= 0.3 is 5.82 Å². The Morgan fingerprint density at radius 1 is 1.44 bits per heavy atom. The van der Waals surface area contributed by atoms with Gasteiger partial charge in [0.15, 0.2) is 0 Å². The summed E-state index contributed by atoms with van der Waals surface area (Å²) in [5, 5.41) is 18.4. The molecule has 7 heteroatoms. The fourth-order valence-electron chi connectivity index (χ4n) is 1.42. The molecule has 0 aliphatic carbocycles. The molecule has 0 saturated heterocycles. The van der Waals surface area contributed by atoms with E-state index in [9.17, 15) is 10.1 Å². The second-order valence-corrected chi connectivity index (χ2v) is 3.57. The first-order chi connectivity index (χ1) is 8.66. The summed E-state index contributed by atoms with van der Waals surface area (Å²) >= 11 is 0. The van der Waals surface area contributed by atoms with Gasteiger partial charge in [0.1, 0.15) is 5.56 Å². The number of nitrogens with zero attached hydrogens (tertiary/aromatic N) is 4. The van der Waals surface area contributed by atoms with Crippen LogP contribution in [0.3, 0.4) is 0 Å². The predicted molar refractivity (Wildman–Crippen MR) is 67.5 cm³/mol. The van der Waals surface area contributed by atoms with E-state index in [4.69, 9.17) is 0 Å². The lowest BCUT2D eigenvalue weighted by Gasteiger charge is -1.97. The van der Waals surface area contributed by atoms with Gasteiger partial charge in [-0.15, -0.1) is 0 Å². The summed E-state index contributed by atoms with van der Waals surface area (Å²) in [7, 11) is 1.62. The summed E-state index contributed by atoms with van der Waals surface area (Å²) in [6.07, 6.45) is 2.91. The van der Waals surface area contributed by atoms with E-state index in [0.29, 0.717) is 5.56 Å². The highest BCUT2D eigenvalue weighted by atomic mass is 16.6. The Bertz CT molecular complexity index is 576. The Morgan fingerprint density at radius 3 is 2.83 bits per heavy atom. The van der Waals surface area contributed by atoms with Crippen LogP contribution in [-0.4, -0.2) is 20.9 Å². The zero-order chi connectivity index (χ0) is 13.0. The van der Waals surface area contributed by atoms with Crippen molar-refractivity contribution in [2.24, 2.45) is 12.1 Å². The molecule has 7 nitrogen and oxygen atoms in total. The number of nitro groups is 1. The molecule has 0 aliphatic heterocycles. The first kappa shape index (κ1) is 11.8. The van der Waals surface area contributed by atoms with Crippen molar-refractivity contribution in [2.75, 3.05) is 5.43 Å². The minimum absolute atomic E-state index is 0.212. The minimum Gasteiger partial charge on any atom is -0.358 e. The predicted octanol–water partition coefficient (Wildman–Crippen LogP) is 1.77. The monoisotopic (exact) mass is 245 g/mol. The smallest absolute Gasteiger partial charge is 0.358 e. The Labute approximate surface area is 103 Å². The van der Waals surface area contributed by atoms with Gasteiger partial charge in [0, 0.05) is 0 Å². The second kappa shape index (κ2) is 5.09. The zero-order valence-corrected chi connectivity index (χ0v) is 9.65. The van der Waals surface area contributed by atoms with Crippen LogP contribution in [0.1, 0.15) is 5.56 Å². The molecule has 0 radical (unpaired) electrons. The van der Waals surface area contributed by atoms with Gasteiger partial charge in [-0.3, -0.25) is 5.43 Å². The van der Waals surface area contributed by atoms with Crippen molar-refractivity contribution in [1.29, 1.82) is 0 Å². The van der Waals surface area contributed by atoms with E-state index in [0.717, 1.165) is 5.69 Å². The van der Waals surface area contributed by atoms with Crippen molar-refractivity contribution < 1.29 is 4.92 Å². The first-order valence-electron chi connectivity index (χ1n) is 5.19. The minimum atomic E-state index is -0.538. The van der Waals surface area contributed by atoms with E-state index in [1.165, 1.54) is 17.1 Å². The van der Waals surface area contributed by atoms with Gasteiger partial charge < -0.3 is 10.1 Å². The molecule has 1 aromatic heterocycles. The highest BCUT2D eigenvalue weighted by Crippen LogP contribution is 2.12. The molecule has 0 unspecified atom stereocenters. The number of anilines is 1. The van der Waals surface area contributed by atoms with E-state index >= 15 is 0 Å². The summed E-state index contributed by atoms with van der Waals surface area (Å²) in [6.45, 7) is 0. The normalized spacial score (nSPS) is 10.7. The zero-order valence-electron chi connectivity index (χ0n) is 9.65. The highest BCUT2D eigenvalue weighted by Gasteiger charge is 2.17. The van der Waals surface area contributed by atoms with Crippen LogP contribution in [0.2, 0.25) is 0 Å². The van der Waals surface area contributed by atoms with Crippen molar-refractivity contribution in [1.82, 2.24) is 9.78 Å². The Morgan fingerprint density at radius 2 is 2.17 bits per heavy atom.